The predicted molar refractivity (Wildman–Crippen MR) is 139 cm³/mol. The average Bonchev–Trinajstić information content (AvgIpc) is 3.68. The first-order valence-corrected chi connectivity index (χ1v) is 12.6. The molecule has 1 aliphatic heterocycles. The van der Waals surface area contributed by atoms with Crippen LogP contribution in [0.5, 0.6) is 0 Å². The molecule has 1 aromatic heterocycles. The Morgan fingerprint density at radius 2 is 1.05 bits per heavy atom. The van der Waals surface area contributed by atoms with Gasteiger partial charge >= 0.3 is 7.25 Å². The van der Waals surface area contributed by atoms with Crippen molar-refractivity contribution in [3.8, 4) is 33.6 Å². The molecular weight excluding hydrogens is 477 g/mol. The highest BCUT2D eigenvalue weighted by atomic mass is 19.5. The summed E-state index contributed by atoms with van der Waals surface area (Å²) in [5.41, 5.74) is 7.68. The molecule has 37 heavy (non-hydrogen) atoms. The van der Waals surface area contributed by atoms with Crippen molar-refractivity contribution in [2.75, 3.05) is 6.61 Å². The van der Waals surface area contributed by atoms with E-state index in [1.807, 2.05) is 0 Å². The van der Waals surface area contributed by atoms with E-state index in [4.69, 9.17) is 4.74 Å². The van der Waals surface area contributed by atoms with Crippen LogP contribution in [0, 0.1) is 0 Å². The molecule has 2 aliphatic rings. The molecule has 4 aromatic rings. The Hall–Kier alpha value is -3.45. The van der Waals surface area contributed by atoms with E-state index in [-0.39, 0.29) is 5.60 Å². The van der Waals surface area contributed by atoms with Crippen LogP contribution in [0.1, 0.15) is 31.7 Å². The van der Waals surface area contributed by atoms with Gasteiger partial charge in [-0.3, -0.25) is 0 Å². The Balaban J connectivity index is 0.000000514. The minimum atomic E-state index is -6.00. The molecule has 2 fully saturated rings. The van der Waals surface area contributed by atoms with E-state index < -0.39 is 7.25 Å². The van der Waals surface area contributed by atoms with Gasteiger partial charge in [-0.15, -0.1) is 0 Å². The van der Waals surface area contributed by atoms with Crippen LogP contribution < -0.4 is 4.57 Å². The minimum Gasteiger partial charge on any atom is -0.418 e. The minimum absolute atomic E-state index is 0.195. The molecule has 1 spiro atoms. The maximum absolute atomic E-state index is 9.75. The van der Waals surface area contributed by atoms with Crippen molar-refractivity contribution in [2.45, 2.75) is 37.3 Å². The summed E-state index contributed by atoms with van der Waals surface area (Å²) >= 11 is 0. The summed E-state index contributed by atoms with van der Waals surface area (Å²) in [4.78, 5) is 0. The summed E-state index contributed by atoms with van der Waals surface area (Å²) in [6.45, 7) is 0.787. The van der Waals surface area contributed by atoms with E-state index in [2.05, 4.69) is 108 Å². The third kappa shape index (κ3) is 6.28. The van der Waals surface area contributed by atoms with E-state index in [1.165, 1.54) is 46.5 Å². The molecule has 2 nitrogen and oxygen atoms in total. The van der Waals surface area contributed by atoms with Gasteiger partial charge in [-0.25, -0.2) is 0 Å². The molecule has 2 heterocycles. The van der Waals surface area contributed by atoms with E-state index in [0.29, 0.717) is 6.04 Å². The average molecular weight is 505 g/mol. The van der Waals surface area contributed by atoms with Crippen LogP contribution in [-0.4, -0.2) is 19.5 Å². The zero-order valence-electron chi connectivity index (χ0n) is 20.4. The molecule has 1 atom stereocenters. The van der Waals surface area contributed by atoms with Crippen molar-refractivity contribution >= 4 is 7.25 Å². The van der Waals surface area contributed by atoms with Crippen molar-refractivity contribution in [1.29, 1.82) is 0 Å². The first kappa shape index (κ1) is 25.2. The SMILES string of the molecule is F[B-](F)(F)F.c1ccc(-c2cc(-c3ccccc3)[n+](C3CCC4(CC4)OC3)c(-c3ccccc3)c2)cc1. The fourth-order valence-electron chi connectivity index (χ4n) is 5.05. The maximum Gasteiger partial charge on any atom is 0.673 e. The number of rotatable bonds is 4. The van der Waals surface area contributed by atoms with Crippen LogP contribution in [0.2, 0.25) is 0 Å². The Kier molecular flexibility index (Phi) is 7.16. The van der Waals surface area contributed by atoms with E-state index in [1.54, 1.807) is 0 Å². The third-order valence-electron chi connectivity index (χ3n) is 7.04. The van der Waals surface area contributed by atoms with Crippen LogP contribution in [0.25, 0.3) is 33.6 Å². The van der Waals surface area contributed by atoms with Crippen LogP contribution in [0.15, 0.2) is 103 Å². The van der Waals surface area contributed by atoms with Crippen LogP contribution in [-0.2, 0) is 4.74 Å². The summed E-state index contributed by atoms with van der Waals surface area (Å²) in [6, 6.07) is 37.4. The highest BCUT2D eigenvalue weighted by Gasteiger charge is 2.49. The van der Waals surface area contributed by atoms with Crippen molar-refractivity contribution in [3.63, 3.8) is 0 Å². The number of nitrogens with zero attached hydrogens (tertiary/aromatic N) is 1. The molecule has 3 aromatic carbocycles. The number of pyridine rings is 1. The van der Waals surface area contributed by atoms with Gasteiger partial charge in [0, 0.05) is 29.7 Å². The van der Waals surface area contributed by atoms with E-state index in [0.717, 1.165) is 19.4 Å². The van der Waals surface area contributed by atoms with Crippen LogP contribution in [0.3, 0.4) is 0 Å². The van der Waals surface area contributed by atoms with Gasteiger partial charge < -0.3 is 22.0 Å². The number of aromatic nitrogens is 1. The topological polar surface area (TPSA) is 13.1 Å². The molecule has 0 radical (unpaired) electrons. The highest BCUT2D eigenvalue weighted by molar-refractivity contribution is 6.50. The zero-order chi connectivity index (χ0) is 25.9. The standard InChI is InChI=1S/C30H28NO.BF4/c1-4-10-23(11-5-1)26-20-28(24-12-6-2-7-13-24)31(27-16-17-30(18-19-30)32-22-27)29(21-26)25-14-8-3-9-15-25;2-1(3,4)5/h1-15,20-21,27H,16-19,22H2;/q+1;-1. The normalized spacial score (nSPS) is 18.1. The lowest BCUT2D eigenvalue weighted by Gasteiger charge is -2.28. The largest absolute Gasteiger partial charge is 0.673 e. The Morgan fingerprint density at radius 3 is 1.43 bits per heavy atom. The van der Waals surface area contributed by atoms with Gasteiger partial charge in [-0.1, -0.05) is 66.7 Å². The third-order valence-corrected chi connectivity index (χ3v) is 7.04. The first-order chi connectivity index (χ1) is 17.8. The van der Waals surface area contributed by atoms with Gasteiger partial charge in [0.15, 0.2) is 6.04 Å². The summed E-state index contributed by atoms with van der Waals surface area (Å²) in [5.74, 6) is 0. The second-order valence-corrected chi connectivity index (χ2v) is 9.66. The lowest BCUT2D eigenvalue weighted by molar-refractivity contribution is -0.708. The molecule has 0 N–H and O–H groups in total. The maximum atomic E-state index is 9.75. The molecule has 1 unspecified atom stereocenters. The van der Waals surface area contributed by atoms with Crippen LogP contribution >= 0.6 is 0 Å². The van der Waals surface area contributed by atoms with E-state index >= 15 is 0 Å². The Morgan fingerprint density at radius 1 is 0.622 bits per heavy atom. The van der Waals surface area contributed by atoms with Crippen molar-refractivity contribution < 1.29 is 26.6 Å². The van der Waals surface area contributed by atoms with Gasteiger partial charge in [-0.05, 0) is 54.7 Å². The molecule has 190 valence electrons. The number of halogens is 4. The number of hydrogen-bond acceptors (Lipinski definition) is 1. The van der Waals surface area contributed by atoms with Gasteiger partial charge in [0.2, 0.25) is 11.4 Å². The number of benzene rings is 3. The van der Waals surface area contributed by atoms with Gasteiger partial charge in [0.1, 0.15) is 6.61 Å². The van der Waals surface area contributed by atoms with Gasteiger partial charge in [0.05, 0.1) is 5.60 Å². The summed E-state index contributed by atoms with van der Waals surface area (Å²) in [5, 5.41) is 0. The highest BCUT2D eigenvalue weighted by Crippen LogP contribution is 2.48. The predicted octanol–water partition coefficient (Wildman–Crippen LogP) is 8.16. The Bertz CT molecular complexity index is 1250. The molecule has 6 rings (SSSR count). The second-order valence-electron chi connectivity index (χ2n) is 9.66. The first-order valence-electron chi connectivity index (χ1n) is 12.6. The fourth-order valence-corrected chi connectivity index (χ4v) is 5.05. The lowest BCUT2D eigenvalue weighted by Crippen LogP contribution is -2.49. The summed E-state index contributed by atoms with van der Waals surface area (Å²) < 4.78 is 48.0. The Labute approximate surface area is 214 Å². The quantitative estimate of drug-likeness (QED) is 0.155. The molecule has 1 aliphatic carbocycles. The summed E-state index contributed by atoms with van der Waals surface area (Å²) in [7, 11) is -6.00. The lowest BCUT2D eigenvalue weighted by atomic mass is 9.96. The van der Waals surface area contributed by atoms with Gasteiger partial charge in [0.25, 0.3) is 0 Å². The molecule has 7 heteroatoms. The number of ether oxygens (including phenoxy) is 1. The molecule has 0 amide bonds. The molecular formula is C30H28BF4NO. The fraction of sp³-hybridized carbons (Fsp3) is 0.233. The number of hydrogen-bond donors (Lipinski definition) is 0. The second kappa shape index (κ2) is 10.5. The van der Waals surface area contributed by atoms with Crippen molar-refractivity contribution in [3.05, 3.63) is 103 Å². The monoisotopic (exact) mass is 505 g/mol. The van der Waals surface area contributed by atoms with Crippen LogP contribution in [0.4, 0.5) is 17.3 Å². The van der Waals surface area contributed by atoms with E-state index in [9.17, 15) is 17.3 Å². The summed E-state index contributed by atoms with van der Waals surface area (Å²) in [6.07, 6.45) is 4.78. The molecule has 0 bridgehead atoms. The van der Waals surface area contributed by atoms with Gasteiger partial charge in [-0.2, -0.15) is 4.57 Å². The van der Waals surface area contributed by atoms with Crippen molar-refractivity contribution in [2.24, 2.45) is 0 Å². The molecule has 1 saturated carbocycles. The van der Waals surface area contributed by atoms with Crippen molar-refractivity contribution in [1.82, 2.24) is 0 Å². The zero-order valence-corrected chi connectivity index (χ0v) is 20.4. The smallest absolute Gasteiger partial charge is 0.418 e. The molecule has 1 saturated heterocycles.